The molecule has 0 aromatic rings. The summed E-state index contributed by atoms with van der Waals surface area (Å²) < 4.78 is 0. The minimum absolute atomic E-state index is 0. The normalized spacial score (nSPS) is 40.0. The minimum atomic E-state index is 0. The molecule has 0 spiro atoms. The van der Waals surface area contributed by atoms with Crippen LogP contribution in [0, 0.1) is 11.8 Å². The van der Waals surface area contributed by atoms with Crippen LogP contribution >= 0.6 is 0 Å². The quantitative estimate of drug-likeness (QED) is 0.711. The molecule has 3 aliphatic rings. The van der Waals surface area contributed by atoms with Crippen LogP contribution < -0.4 is 10.6 Å². The summed E-state index contributed by atoms with van der Waals surface area (Å²) >= 11 is 0. The SMILES string of the molecule is CN(C1CCNCC1)C1C2CNCC21.[V]. The Morgan fingerprint density at radius 2 is 1.60 bits per heavy atom. The van der Waals surface area contributed by atoms with Gasteiger partial charge >= 0.3 is 0 Å². The average molecular weight is 246 g/mol. The fourth-order valence-corrected chi connectivity index (χ4v) is 3.45. The molecule has 2 atom stereocenters. The first kappa shape index (κ1) is 11.9. The van der Waals surface area contributed by atoms with Gasteiger partial charge in [0.2, 0.25) is 0 Å². The van der Waals surface area contributed by atoms with Gasteiger partial charge in [-0.15, -0.1) is 0 Å². The maximum atomic E-state index is 3.47. The van der Waals surface area contributed by atoms with E-state index in [0.717, 1.165) is 23.9 Å². The third-order valence-corrected chi connectivity index (χ3v) is 4.40. The summed E-state index contributed by atoms with van der Waals surface area (Å²) in [6.45, 7) is 4.97. The van der Waals surface area contributed by atoms with Crippen LogP contribution in [0.4, 0.5) is 0 Å². The van der Waals surface area contributed by atoms with Crippen molar-refractivity contribution in [1.82, 2.24) is 15.5 Å². The van der Waals surface area contributed by atoms with Crippen molar-refractivity contribution >= 4 is 0 Å². The van der Waals surface area contributed by atoms with Crippen LogP contribution in [0.25, 0.3) is 0 Å². The van der Waals surface area contributed by atoms with Crippen molar-refractivity contribution in [2.75, 3.05) is 33.2 Å². The first-order valence-corrected chi connectivity index (χ1v) is 6.01. The summed E-state index contributed by atoms with van der Waals surface area (Å²) in [5.41, 5.74) is 0. The molecule has 15 heavy (non-hydrogen) atoms. The Kier molecular flexibility index (Phi) is 3.79. The average Bonchev–Trinajstić information content (AvgIpc) is 2.72. The van der Waals surface area contributed by atoms with Gasteiger partial charge in [0.25, 0.3) is 0 Å². The second kappa shape index (κ2) is 4.76. The maximum Gasteiger partial charge on any atom is 0.0183 e. The van der Waals surface area contributed by atoms with E-state index in [-0.39, 0.29) is 18.6 Å². The molecule has 2 N–H and O–H groups in total. The predicted molar refractivity (Wildman–Crippen MR) is 57.3 cm³/mol. The number of hydrogen-bond acceptors (Lipinski definition) is 3. The molecule has 1 aliphatic carbocycles. The van der Waals surface area contributed by atoms with Crippen molar-refractivity contribution in [3.63, 3.8) is 0 Å². The van der Waals surface area contributed by atoms with Gasteiger partial charge in [-0.2, -0.15) is 0 Å². The van der Waals surface area contributed by atoms with Crippen molar-refractivity contribution in [2.24, 2.45) is 11.8 Å². The minimum Gasteiger partial charge on any atom is -0.317 e. The van der Waals surface area contributed by atoms with Crippen LogP contribution in [-0.2, 0) is 18.6 Å². The van der Waals surface area contributed by atoms with E-state index < -0.39 is 0 Å². The molecule has 2 saturated heterocycles. The van der Waals surface area contributed by atoms with Gasteiger partial charge in [-0.05, 0) is 57.9 Å². The van der Waals surface area contributed by atoms with Crippen molar-refractivity contribution in [2.45, 2.75) is 24.9 Å². The fourth-order valence-electron chi connectivity index (χ4n) is 3.45. The summed E-state index contributed by atoms with van der Waals surface area (Å²) in [6, 6.07) is 1.77. The third-order valence-electron chi connectivity index (χ3n) is 4.40. The van der Waals surface area contributed by atoms with Crippen LogP contribution in [0.2, 0.25) is 0 Å². The first-order valence-electron chi connectivity index (χ1n) is 6.01. The summed E-state index contributed by atoms with van der Waals surface area (Å²) in [6.07, 6.45) is 2.69. The molecule has 3 fully saturated rings. The van der Waals surface area contributed by atoms with Crippen LogP contribution in [0.5, 0.6) is 0 Å². The molecule has 2 unspecified atom stereocenters. The second-order valence-electron chi connectivity index (χ2n) is 5.12. The van der Waals surface area contributed by atoms with Gasteiger partial charge < -0.3 is 10.6 Å². The van der Waals surface area contributed by atoms with Crippen molar-refractivity contribution in [3.05, 3.63) is 0 Å². The molecule has 4 heteroatoms. The number of nitrogens with zero attached hydrogens (tertiary/aromatic N) is 1. The third kappa shape index (κ3) is 2.13. The topological polar surface area (TPSA) is 27.3 Å². The molecule has 2 heterocycles. The maximum absolute atomic E-state index is 3.47. The van der Waals surface area contributed by atoms with E-state index in [0.29, 0.717) is 0 Å². The van der Waals surface area contributed by atoms with Gasteiger partial charge in [-0.3, -0.25) is 4.90 Å². The Hall–Kier alpha value is 0.464. The molecule has 1 radical (unpaired) electrons. The van der Waals surface area contributed by atoms with Crippen LogP contribution in [0.1, 0.15) is 12.8 Å². The van der Waals surface area contributed by atoms with E-state index in [1.54, 1.807) is 0 Å². The van der Waals surface area contributed by atoms with E-state index in [1.807, 2.05) is 0 Å². The monoisotopic (exact) mass is 246 g/mol. The molecule has 0 aromatic heterocycles. The number of hydrogen-bond donors (Lipinski definition) is 2. The largest absolute Gasteiger partial charge is 0.317 e. The Labute approximate surface area is 104 Å². The molecule has 0 amide bonds. The van der Waals surface area contributed by atoms with E-state index in [1.165, 1.54) is 39.0 Å². The molecule has 1 saturated carbocycles. The van der Waals surface area contributed by atoms with E-state index in [2.05, 4.69) is 22.6 Å². The second-order valence-corrected chi connectivity index (χ2v) is 5.12. The van der Waals surface area contributed by atoms with Gasteiger partial charge in [0, 0.05) is 30.6 Å². The molecule has 0 aromatic carbocycles. The zero-order valence-electron chi connectivity index (χ0n) is 9.45. The summed E-state index contributed by atoms with van der Waals surface area (Å²) in [7, 11) is 2.35. The fraction of sp³-hybridized carbons (Fsp3) is 1.00. The van der Waals surface area contributed by atoms with Gasteiger partial charge in [-0.1, -0.05) is 0 Å². The predicted octanol–water partition coefficient (Wildman–Crippen LogP) is -0.114. The van der Waals surface area contributed by atoms with Crippen LogP contribution in [0.3, 0.4) is 0 Å². The molecule has 85 valence electrons. The van der Waals surface area contributed by atoms with E-state index >= 15 is 0 Å². The molecule has 3 nitrogen and oxygen atoms in total. The van der Waals surface area contributed by atoms with Crippen LogP contribution in [0.15, 0.2) is 0 Å². The van der Waals surface area contributed by atoms with Crippen molar-refractivity contribution < 1.29 is 18.6 Å². The molecular formula is C11H21N3V. The van der Waals surface area contributed by atoms with Gasteiger partial charge in [0.05, 0.1) is 0 Å². The number of fused-ring (bicyclic) bond motifs is 1. The Morgan fingerprint density at radius 1 is 1.00 bits per heavy atom. The molecule has 3 rings (SSSR count). The summed E-state index contributed by atoms with van der Waals surface area (Å²) in [5.74, 6) is 1.96. The first-order chi connectivity index (χ1) is 6.88. The van der Waals surface area contributed by atoms with Crippen molar-refractivity contribution in [1.29, 1.82) is 0 Å². The molecule has 2 aliphatic heterocycles. The summed E-state index contributed by atoms with van der Waals surface area (Å²) in [4.78, 5) is 2.68. The van der Waals surface area contributed by atoms with E-state index in [9.17, 15) is 0 Å². The number of rotatable bonds is 2. The Bertz CT molecular complexity index is 206. The van der Waals surface area contributed by atoms with Crippen LogP contribution in [-0.4, -0.2) is 50.2 Å². The zero-order valence-corrected chi connectivity index (χ0v) is 10.8. The molecular weight excluding hydrogens is 225 g/mol. The standard InChI is InChI=1S/C11H21N3.V/c1-14(8-2-4-12-5-3-8)11-9-6-13-7-10(9)11;/h8-13H,2-7H2,1H3;. The smallest absolute Gasteiger partial charge is 0.0183 e. The van der Waals surface area contributed by atoms with Gasteiger partial charge in [0.1, 0.15) is 0 Å². The Balaban J connectivity index is 0.000000853. The molecule has 0 bridgehead atoms. The van der Waals surface area contributed by atoms with Gasteiger partial charge in [0.15, 0.2) is 0 Å². The summed E-state index contributed by atoms with van der Waals surface area (Å²) in [5, 5.41) is 6.91. The zero-order chi connectivity index (χ0) is 9.54. The number of piperidine rings is 2. The van der Waals surface area contributed by atoms with Gasteiger partial charge in [-0.25, -0.2) is 0 Å². The Morgan fingerprint density at radius 3 is 2.20 bits per heavy atom. The van der Waals surface area contributed by atoms with Crippen molar-refractivity contribution in [3.8, 4) is 0 Å². The number of nitrogens with one attached hydrogen (secondary N) is 2. The van der Waals surface area contributed by atoms with E-state index in [4.69, 9.17) is 0 Å².